The summed E-state index contributed by atoms with van der Waals surface area (Å²) in [4.78, 5) is 41.0. The second-order valence-electron chi connectivity index (χ2n) is 7.85. The number of anilines is 1. The quantitative estimate of drug-likeness (QED) is 0.777. The maximum Gasteiger partial charge on any atom is 0.250 e. The van der Waals surface area contributed by atoms with Crippen molar-refractivity contribution in [1.82, 2.24) is 10.2 Å². The Kier molecular flexibility index (Phi) is 3.79. The summed E-state index contributed by atoms with van der Waals surface area (Å²) in [5.41, 5.74) is 1.05. The van der Waals surface area contributed by atoms with Crippen LogP contribution in [0.1, 0.15) is 18.1 Å². The smallest absolute Gasteiger partial charge is 0.250 e. The number of rotatable bonds is 3. The number of ether oxygens (including phenoxy) is 1. The Morgan fingerprint density at radius 3 is 2.48 bits per heavy atom. The van der Waals surface area contributed by atoms with Crippen molar-refractivity contribution in [3.63, 3.8) is 0 Å². The molecule has 0 saturated carbocycles. The lowest BCUT2D eigenvalue weighted by Gasteiger charge is -2.29. The molecule has 5 rings (SSSR count). The van der Waals surface area contributed by atoms with E-state index in [9.17, 15) is 14.4 Å². The molecule has 2 fully saturated rings. The van der Waals surface area contributed by atoms with Crippen LogP contribution in [-0.2, 0) is 26.5 Å². The van der Waals surface area contributed by atoms with Gasteiger partial charge in [0.25, 0.3) is 0 Å². The zero-order chi connectivity index (χ0) is 20.3. The molecule has 2 aromatic rings. The van der Waals surface area contributed by atoms with E-state index in [1.165, 1.54) is 4.90 Å². The van der Waals surface area contributed by atoms with Gasteiger partial charge in [-0.25, -0.2) is 0 Å². The van der Waals surface area contributed by atoms with E-state index in [2.05, 4.69) is 10.6 Å². The lowest BCUT2D eigenvalue weighted by atomic mass is 9.76. The summed E-state index contributed by atoms with van der Waals surface area (Å²) in [5.74, 6) is -1.43. The van der Waals surface area contributed by atoms with E-state index in [0.29, 0.717) is 11.4 Å². The molecule has 0 bridgehead atoms. The number of carbonyl (C=O) groups excluding carboxylic acids is 3. The molecule has 2 aromatic carbocycles. The van der Waals surface area contributed by atoms with E-state index in [4.69, 9.17) is 4.74 Å². The average Bonchev–Trinajstić information content (AvgIpc) is 3.28. The lowest BCUT2D eigenvalue weighted by Crippen LogP contribution is -2.52. The molecule has 3 aliphatic heterocycles. The summed E-state index contributed by atoms with van der Waals surface area (Å²) in [6.07, 6.45) is 0. The molecule has 4 atom stereocenters. The number of methoxy groups -OCH3 is 1. The van der Waals surface area contributed by atoms with Crippen LogP contribution in [0, 0.1) is 11.8 Å². The lowest BCUT2D eigenvalue weighted by molar-refractivity contribution is -0.143. The number of imide groups is 1. The minimum absolute atomic E-state index is 0.181. The second-order valence-corrected chi connectivity index (χ2v) is 7.85. The van der Waals surface area contributed by atoms with Crippen LogP contribution >= 0.6 is 0 Å². The number of benzene rings is 2. The minimum atomic E-state index is -1.21. The maximum absolute atomic E-state index is 13.4. The molecule has 148 valence electrons. The molecule has 2 saturated heterocycles. The number of likely N-dealkylation sites (tertiary alicyclic amines) is 1. The molecule has 0 aromatic heterocycles. The van der Waals surface area contributed by atoms with E-state index in [0.717, 1.165) is 11.1 Å². The van der Waals surface area contributed by atoms with Gasteiger partial charge in [0.15, 0.2) is 0 Å². The molecule has 0 radical (unpaired) electrons. The van der Waals surface area contributed by atoms with Gasteiger partial charge in [-0.1, -0.05) is 30.3 Å². The van der Waals surface area contributed by atoms with Crippen molar-refractivity contribution >= 4 is 23.4 Å². The third-order valence-electron chi connectivity index (χ3n) is 6.36. The molecule has 3 aliphatic rings. The molecule has 0 unspecified atom stereocenters. The average molecular weight is 391 g/mol. The second kappa shape index (κ2) is 6.15. The fourth-order valence-corrected chi connectivity index (χ4v) is 5.05. The predicted octanol–water partition coefficient (Wildman–Crippen LogP) is 1.64. The van der Waals surface area contributed by atoms with E-state index in [1.54, 1.807) is 19.2 Å². The molecular formula is C22H21N3O4. The predicted molar refractivity (Wildman–Crippen MR) is 105 cm³/mol. The van der Waals surface area contributed by atoms with Gasteiger partial charge in [0.2, 0.25) is 17.7 Å². The first-order chi connectivity index (χ1) is 14.0. The van der Waals surface area contributed by atoms with E-state index < -0.39 is 17.4 Å². The minimum Gasteiger partial charge on any atom is -0.497 e. The van der Waals surface area contributed by atoms with Crippen LogP contribution in [0.15, 0.2) is 48.5 Å². The number of carbonyl (C=O) groups is 3. The van der Waals surface area contributed by atoms with Gasteiger partial charge in [-0.05, 0) is 30.7 Å². The van der Waals surface area contributed by atoms with E-state index in [1.807, 2.05) is 43.3 Å². The van der Waals surface area contributed by atoms with Crippen molar-refractivity contribution in [1.29, 1.82) is 0 Å². The normalized spacial score (nSPS) is 29.9. The molecule has 3 amide bonds. The Hall–Kier alpha value is -3.19. The molecule has 3 heterocycles. The number of para-hydroxylation sites is 1. The standard InChI is InChI=1S/C22H21N3O4/c1-12-17-18(22(24-12)15-5-3-4-6-16(15)23-21(22)28)20(27)25(19(17)26)11-13-7-9-14(29-2)10-8-13/h3-10,12,17-18,24H,11H2,1-2H3,(H,23,28)/t12-,17-,18-,22+/m1/s1. The van der Waals surface area contributed by atoms with Crippen LogP contribution in [0.5, 0.6) is 5.75 Å². The van der Waals surface area contributed by atoms with Crippen molar-refractivity contribution in [3.8, 4) is 5.75 Å². The van der Waals surface area contributed by atoms with Crippen LogP contribution in [0.4, 0.5) is 5.69 Å². The fraction of sp³-hybridized carbons (Fsp3) is 0.318. The SMILES string of the molecule is COc1ccc(CN2C(=O)[C@@H]3[C@@H](C)N[C@]4(C(=O)Nc5ccccc54)[C@H]3C2=O)cc1. The molecule has 7 heteroatoms. The Labute approximate surface area is 168 Å². The summed E-state index contributed by atoms with van der Waals surface area (Å²) in [7, 11) is 1.59. The van der Waals surface area contributed by atoms with Crippen LogP contribution in [0.25, 0.3) is 0 Å². The third-order valence-corrected chi connectivity index (χ3v) is 6.36. The van der Waals surface area contributed by atoms with Gasteiger partial charge >= 0.3 is 0 Å². The number of nitrogens with zero attached hydrogens (tertiary/aromatic N) is 1. The molecule has 1 spiro atoms. The van der Waals surface area contributed by atoms with Gasteiger partial charge < -0.3 is 10.1 Å². The number of hydrogen-bond donors (Lipinski definition) is 2. The first-order valence-electron chi connectivity index (χ1n) is 9.64. The highest BCUT2D eigenvalue weighted by atomic mass is 16.5. The summed E-state index contributed by atoms with van der Waals surface area (Å²) in [5, 5.41) is 6.18. The van der Waals surface area contributed by atoms with Crippen LogP contribution in [0.3, 0.4) is 0 Å². The molecular weight excluding hydrogens is 370 g/mol. The number of fused-ring (bicyclic) bond motifs is 4. The van der Waals surface area contributed by atoms with Crippen molar-refractivity contribution in [3.05, 3.63) is 59.7 Å². The van der Waals surface area contributed by atoms with Gasteiger partial charge in [-0.3, -0.25) is 24.6 Å². The summed E-state index contributed by atoms with van der Waals surface area (Å²) < 4.78 is 5.16. The number of nitrogens with one attached hydrogen (secondary N) is 2. The monoisotopic (exact) mass is 391 g/mol. The van der Waals surface area contributed by atoms with Gasteiger partial charge in [-0.15, -0.1) is 0 Å². The van der Waals surface area contributed by atoms with Crippen molar-refractivity contribution in [2.75, 3.05) is 12.4 Å². The summed E-state index contributed by atoms with van der Waals surface area (Å²) >= 11 is 0. The van der Waals surface area contributed by atoms with Crippen LogP contribution < -0.4 is 15.4 Å². The molecule has 29 heavy (non-hydrogen) atoms. The van der Waals surface area contributed by atoms with Gasteiger partial charge in [0, 0.05) is 17.3 Å². The highest BCUT2D eigenvalue weighted by Gasteiger charge is 2.69. The van der Waals surface area contributed by atoms with Crippen molar-refractivity contribution in [2.45, 2.75) is 25.0 Å². The van der Waals surface area contributed by atoms with Crippen molar-refractivity contribution in [2.24, 2.45) is 11.8 Å². The largest absolute Gasteiger partial charge is 0.497 e. The Bertz CT molecular complexity index is 1030. The van der Waals surface area contributed by atoms with Gasteiger partial charge in [0.05, 0.1) is 25.5 Å². The summed E-state index contributed by atoms with van der Waals surface area (Å²) in [6, 6.07) is 14.3. The van der Waals surface area contributed by atoms with E-state index >= 15 is 0 Å². The first kappa shape index (κ1) is 17.9. The van der Waals surface area contributed by atoms with Crippen molar-refractivity contribution < 1.29 is 19.1 Å². The van der Waals surface area contributed by atoms with E-state index in [-0.39, 0.29) is 30.3 Å². The molecule has 0 aliphatic carbocycles. The topological polar surface area (TPSA) is 87.7 Å². The number of hydrogen-bond acceptors (Lipinski definition) is 5. The molecule has 7 nitrogen and oxygen atoms in total. The van der Waals surface area contributed by atoms with Crippen LogP contribution in [0.2, 0.25) is 0 Å². The Morgan fingerprint density at radius 2 is 1.76 bits per heavy atom. The maximum atomic E-state index is 13.4. The Morgan fingerprint density at radius 1 is 1.03 bits per heavy atom. The van der Waals surface area contributed by atoms with Crippen LogP contribution in [-0.4, -0.2) is 35.8 Å². The molecule has 2 N–H and O–H groups in total. The first-order valence-corrected chi connectivity index (χ1v) is 9.64. The van der Waals surface area contributed by atoms with Gasteiger partial charge in [-0.2, -0.15) is 0 Å². The van der Waals surface area contributed by atoms with Gasteiger partial charge in [0.1, 0.15) is 11.3 Å². The number of amides is 3. The third kappa shape index (κ3) is 2.31. The highest BCUT2D eigenvalue weighted by molar-refractivity contribution is 6.15. The Balaban J connectivity index is 1.53. The fourth-order valence-electron chi connectivity index (χ4n) is 5.05. The zero-order valence-corrected chi connectivity index (χ0v) is 16.1. The zero-order valence-electron chi connectivity index (χ0n) is 16.1. The summed E-state index contributed by atoms with van der Waals surface area (Å²) in [6.45, 7) is 2.05. The highest BCUT2D eigenvalue weighted by Crippen LogP contribution is 2.52.